The van der Waals surface area contributed by atoms with Crippen LogP contribution in [0.2, 0.25) is 0 Å². The minimum atomic E-state index is 0.0217. The van der Waals surface area contributed by atoms with E-state index in [0.717, 1.165) is 11.1 Å². The number of rotatable bonds is 6. The van der Waals surface area contributed by atoms with Gasteiger partial charge in [0.1, 0.15) is 11.5 Å². The smallest absolute Gasteiger partial charge is 0.159 e. The summed E-state index contributed by atoms with van der Waals surface area (Å²) in [6.45, 7) is 11.1. The Balaban J connectivity index is 0.000000300. The van der Waals surface area contributed by atoms with E-state index in [1.54, 1.807) is 36.4 Å². The summed E-state index contributed by atoms with van der Waals surface area (Å²) in [5.41, 5.74) is 5.27. The molecule has 0 aromatic heterocycles. The number of Topliss-reactive ketones (excluding diaryl/α,β-unsaturated/α-hetero) is 2. The Bertz CT molecular complexity index is 877. The summed E-state index contributed by atoms with van der Waals surface area (Å²) in [6.07, 6.45) is 5.38. The zero-order valence-corrected chi connectivity index (χ0v) is 18.7. The van der Waals surface area contributed by atoms with Crippen molar-refractivity contribution in [3.8, 4) is 11.5 Å². The summed E-state index contributed by atoms with van der Waals surface area (Å²) in [6, 6.07) is 9.93. The predicted octanol–water partition coefficient (Wildman–Crippen LogP) is 6.21. The maximum Gasteiger partial charge on any atom is 0.159 e. The number of aromatic hydroxyl groups is 2. The van der Waals surface area contributed by atoms with Crippen molar-refractivity contribution in [3.05, 3.63) is 82.0 Å². The predicted molar refractivity (Wildman–Crippen MR) is 122 cm³/mol. The third kappa shape index (κ3) is 8.48. The fraction of sp³-hybridized carbons (Fsp3) is 0.308. The summed E-state index contributed by atoms with van der Waals surface area (Å²) in [5.74, 6) is 0.539. The maximum atomic E-state index is 11.1. The molecule has 2 aromatic rings. The van der Waals surface area contributed by atoms with Crippen LogP contribution in [0.3, 0.4) is 0 Å². The number of ketones is 2. The highest BCUT2D eigenvalue weighted by molar-refractivity contribution is 5.94. The van der Waals surface area contributed by atoms with E-state index in [1.165, 1.54) is 25.0 Å². The molecule has 30 heavy (non-hydrogen) atoms. The number of hydrogen-bond donors (Lipinski definition) is 2. The molecule has 2 N–H and O–H groups in total. The molecule has 0 fully saturated rings. The first-order valence-electron chi connectivity index (χ1n) is 9.93. The second kappa shape index (κ2) is 11.8. The second-order valence-electron chi connectivity index (χ2n) is 7.77. The third-order valence-corrected chi connectivity index (χ3v) is 4.43. The van der Waals surface area contributed by atoms with Gasteiger partial charge in [-0.1, -0.05) is 23.3 Å². The van der Waals surface area contributed by atoms with E-state index in [9.17, 15) is 19.8 Å². The van der Waals surface area contributed by atoms with Gasteiger partial charge in [-0.05, 0) is 102 Å². The molecule has 160 valence electrons. The van der Waals surface area contributed by atoms with Crippen LogP contribution in [0.25, 0.3) is 0 Å². The Morgan fingerprint density at radius 3 is 1.27 bits per heavy atom. The van der Waals surface area contributed by atoms with Gasteiger partial charge in [-0.3, -0.25) is 9.59 Å². The van der Waals surface area contributed by atoms with Gasteiger partial charge in [0, 0.05) is 11.1 Å². The van der Waals surface area contributed by atoms with Crippen LogP contribution in [0.15, 0.2) is 59.7 Å². The molecule has 0 bridgehead atoms. The molecule has 0 unspecified atom stereocenters. The number of hydrogen-bond acceptors (Lipinski definition) is 4. The highest BCUT2D eigenvalue weighted by Crippen LogP contribution is 2.21. The van der Waals surface area contributed by atoms with Gasteiger partial charge < -0.3 is 10.2 Å². The van der Waals surface area contributed by atoms with Crippen LogP contribution in [-0.2, 0) is 12.8 Å². The number of phenols is 2. The lowest BCUT2D eigenvalue weighted by Gasteiger charge is -2.04. The van der Waals surface area contributed by atoms with E-state index in [4.69, 9.17) is 0 Å². The zero-order chi connectivity index (χ0) is 22.8. The first-order chi connectivity index (χ1) is 14.0. The molecule has 0 atom stereocenters. The third-order valence-electron chi connectivity index (χ3n) is 4.43. The Morgan fingerprint density at radius 2 is 1.00 bits per heavy atom. The fourth-order valence-electron chi connectivity index (χ4n) is 2.56. The normalized spacial score (nSPS) is 9.80. The van der Waals surface area contributed by atoms with E-state index >= 15 is 0 Å². The topological polar surface area (TPSA) is 74.6 Å². The van der Waals surface area contributed by atoms with Crippen LogP contribution in [-0.4, -0.2) is 21.8 Å². The molecule has 0 radical (unpaired) electrons. The monoisotopic (exact) mass is 408 g/mol. The van der Waals surface area contributed by atoms with Gasteiger partial charge in [-0.25, -0.2) is 0 Å². The Morgan fingerprint density at radius 1 is 0.667 bits per heavy atom. The van der Waals surface area contributed by atoms with Gasteiger partial charge in [0.15, 0.2) is 11.6 Å². The first kappa shape index (κ1) is 24.9. The molecule has 0 aliphatic rings. The van der Waals surface area contributed by atoms with Crippen LogP contribution < -0.4 is 0 Å². The minimum absolute atomic E-state index is 0.0217. The van der Waals surface area contributed by atoms with Crippen LogP contribution in [0, 0.1) is 0 Å². The van der Waals surface area contributed by atoms with Crippen LogP contribution in [0.5, 0.6) is 11.5 Å². The lowest BCUT2D eigenvalue weighted by molar-refractivity contribution is 0.100. The molecule has 0 heterocycles. The van der Waals surface area contributed by atoms with Crippen molar-refractivity contribution in [1.29, 1.82) is 0 Å². The minimum Gasteiger partial charge on any atom is -0.508 e. The van der Waals surface area contributed by atoms with Crippen LogP contribution >= 0.6 is 0 Å². The van der Waals surface area contributed by atoms with Gasteiger partial charge in [0.25, 0.3) is 0 Å². The molecule has 0 aliphatic heterocycles. The van der Waals surface area contributed by atoms with Gasteiger partial charge >= 0.3 is 0 Å². The molecule has 0 saturated heterocycles. The first-order valence-corrected chi connectivity index (χ1v) is 9.93. The van der Waals surface area contributed by atoms with E-state index in [2.05, 4.69) is 0 Å². The summed E-state index contributed by atoms with van der Waals surface area (Å²) >= 11 is 0. The molecule has 4 heteroatoms. The highest BCUT2D eigenvalue weighted by Gasteiger charge is 2.05. The molecule has 2 rings (SSSR count). The fourth-order valence-corrected chi connectivity index (χ4v) is 2.56. The van der Waals surface area contributed by atoms with E-state index < -0.39 is 0 Å². The van der Waals surface area contributed by atoms with Gasteiger partial charge in [-0.2, -0.15) is 0 Å². The van der Waals surface area contributed by atoms with Crippen LogP contribution in [0.4, 0.5) is 0 Å². The molecule has 0 amide bonds. The average Bonchev–Trinajstić information content (AvgIpc) is 2.66. The number of carbonyl (C=O) groups excluding carboxylic acids is 2. The number of allylic oxidation sites excluding steroid dienone is 4. The molecule has 0 aliphatic carbocycles. The Kier molecular flexibility index (Phi) is 9.76. The molecular weight excluding hydrogens is 376 g/mol. The van der Waals surface area contributed by atoms with Gasteiger partial charge in [0.05, 0.1) is 0 Å². The van der Waals surface area contributed by atoms with Crippen molar-refractivity contribution in [2.24, 2.45) is 0 Å². The Hall–Kier alpha value is -3.14. The highest BCUT2D eigenvalue weighted by atomic mass is 16.3. The standard InChI is InChI=1S/2C13H16O2/c2*1-9(2)4-5-12-8-11(10(3)14)6-7-13(12)15/h2*4,6-8,15H,5H2,1-3H3. The lowest BCUT2D eigenvalue weighted by Crippen LogP contribution is -1.94. The maximum absolute atomic E-state index is 11.1. The van der Waals surface area contributed by atoms with Gasteiger partial charge in [0.2, 0.25) is 0 Å². The van der Waals surface area contributed by atoms with Crippen molar-refractivity contribution < 1.29 is 19.8 Å². The van der Waals surface area contributed by atoms with Crippen molar-refractivity contribution in [2.45, 2.75) is 54.4 Å². The summed E-state index contributed by atoms with van der Waals surface area (Å²) in [4.78, 5) is 22.3. The molecule has 4 nitrogen and oxygen atoms in total. The van der Waals surface area contributed by atoms with E-state index in [-0.39, 0.29) is 23.1 Å². The molecule has 0 saturated carbocycles. The van der Waals surface area contributed by atoms with Crippen molar-refractivity contribution in [3.63, 3.8) is 0 Å². The van der Waals surface area contributed by atoms with Crippen molar-refractivity contribution in [1.82, 2.24) is 0 Å². The molecule has 2 aromatic carbocycles. The van der Waals surface area contributed by atoms with E-state index in [1.807, 2.05) is 39.8 Å². The lowest BCUT2D eigenvalue weighted by atomic mass is 10.0. The van der Waals surface area contributed by atoms with Crippen LogP contribution in [0.1, 0.15) is 73.4 Å². The molecule has 0 spiro atoms. The average molecular weight is 409 g/mol. The van der Waals surface area contributed by atoms with Crippen molar-refractivity contribution >= 4 is 11.6 Å². The van der Waals surface area contributed by atoms with Gasteiger partial charge in [-0.15, -0.1) is 0 Å². The summed E-state index contributed by atoms with van der Waals surface area (Å²) < 4.78 is 0. The Labute approximate surface area is 179 Å². The number of benzene rings is 2. The van der Waals surface area contributed by atoms with E-state index in [0.29, 0.717) is 24.0 Å². The van der Waals surface area contributed by atoms with Crippen molar-refractivity contribution in [2.75, 3.05) is 0 Å². The SMILES string of the molecule is CC(=O)c1ccc(O)c(CC=C(C)C)c1.CC(=O)c1ccc(O)c(CC=C(C)C)c1. The second-order valence-corrected chi connectivity index (χ2v) is 7.77. The largest absolute Gasteiger partial charge is 0.508 e. The number of carbonyl (C=O) groups is 2. The molecular formula is C26H32O4. The quantitative estimate of drug-likeness (QED) is 0.440. The zero-order valence-electron chi connectivity index (χ0n) is 18.7. The summed E-state index contributed by atoms with van der Waals surface area (Å²) in [5, 5.41) is 19.2. The summed E-state index contributed by atoms with van der Waals surface area (Å²) in [7, 11) is 0. The number of phenolic OH excluding ortho intramolecular Hbond substituents is 2.